The fraction of sp³-hybridized carbons (Fsp3) is 0.250. The zero-order chi connectivity index (χ0) is 10.1. The van der Waals surface area contributed by atoms with Gasteiger partial charge >= 0.3 is 0 Å². The molecule has 0 unspecified atom stereocenters. The Morgan fingerprint density at radius 2 is 2.36 bits per heavy atom. The quantitative estimate of drug-likeness (QED) is 0.784. The Hall–Kier alpha value is -1.72. The van der Waals surface area contributed by atoms with Gasteiger partial charge in [0.25, 0.3) is 12.0 Å². The Kier molecular flexibility index (Phi) is 2.03. The minimum Gasteiger partial charge on any atom is -0.327 e. The summed E-state index contributed by atoms with van der Waals surface area (Å²) in [6.07, 6.45) is 0.201. The molecule has 0 saturated heterocycles. The molecule has 2 heterocycles. The van der Waals surface area contributed by atoms with E-state index in [-0.39, 0.29) is 11.1 Å². The van der Waals surface area contributed by atoms with E-state index in [4.69, 9.17) is 0 Å². The Morgan fingerprint density at radius 3 is 3.07 bits per heavy atom. The lowest BCUT2D eigenvalue weighted by Crippen LogP contribution is -2.07. The highest BCUT2D eigenvalue weighted by molar-refractivity contribution is 5.73. The van der Waals surface area contributed by atoms with Crippen LogP contribution in [0.4, 0.5) is 8.78 Å². The van der Waals surface area contributed by atoms with Crippen molar-refractivity contribution in [3.63, 3.8) is 0 Å². The van der Waals surface area contributed by atoms with Gasteiger partial charge < -0.3 is 9.55 Å². The van der Waals surface area contributed by atoms with Crippen molar-refractivity contribution >= 4 is 11.0 Å². The van der Waals surface area contributed by atoms with Gasteiger partial charge in [0.15, 0.2) is 5.52 Å². The summed E-state index contributed by atoms with van der Waals surface area (Å²) in [6, 6.07) is 1.55. The molecule has 0 aliphatic carbocycles. The van der Waals surface area contributed by atoms with Crippen molar-refractivity contribution in [3.8, 4) is 0 Å². The van der Waals surface area contributed by atoms with Crippen LogP contribution in [0.3, 0.4) is 0 Å². The molecule has 0 bridgehead atoms. The fourth-order valence-corrected chi connectivity index (χ4v) is 1.30. The number of H-pyrrole nitrogens is 1. The number of aromatic amines is 1. The van der Waals surface area contributed by atoms with Crippen molar-refractivity contribution in [1.82, 2.24) is 14.5 Å². The number of halogens is 2. The minimum absolute atomic E-state index is 0.188. The molecular weight excluding hydrogens is 192 g/mol. The number of rotatable bonds is 2. The third-order valence-electron chi connectivity index (χ3n) is 1.88. The first-order valence-electron chi connectivity index (χ1n) is 3.99. The van der Waals surface area contributed by atoms with Crippen molar-refractivity contribution < 1.29 is 8.78 Å². The molecule has 1 N–H and O–H groups in total. The Labute approximate surface area is 77.2 Å². The maximum atomic E-state index is 12.1. The van der Waals surface area contributed by atoms with E-state index in [2.05, 4.69) is 9.97 Å². The Morgan fingerprint density at radius 1 is 1.57 bits per heavy atom. The average Bonchev–Trinajstić information content (AvgIpc) is 2.49. The van der Waals surface area contributed by atoms with Gasteiger partial charge in [-0.25, -0.2) is 13.8 Å². The summed E-state index contributed by atoms with van der Waals surface area (Å²) in [5, 5.41) is 0. The molecule has 0 saturated carbocycles. The van der Waals surface area contributed by atoms with E-state index in [1.54, 1.807) is 6.07 Å². The molecule has 4 nitrogen and oxygen atoms in total. The molecule has 2 rings (SSSR count). The zero-order valence-electron chi connectivity index (χ0n) is 7.08. The molecular formula is C8H7F2N3O. The van der Waals surface area contributed by atoms with Gasteiger partial charge in [0, 0.05) is 6.20 Å². The van der Waals surface area contributed by atoms with Gasteiger partial charge in [0.05, 0.1) is 18.4 Å². The number of nitrogens with zero attached hydrogens (tertiary/aromatic N) is 2. The molecule has 0 aliphatic heterocycles. The third kappa shape index (κ3) is 1.39. The highest BCUT2D eigenvalue weighted by Gasteiger charge is 2.09. The van der Waals surface area contributed by atoms with Crippen LogP contribution >= 0.6 is 0 Å². The standard InChI is InChI=1S/C8H7F2N3O/c9-6(10)3-13-4-12-7-5(13)1-2-11-8(7)14/h1-2,4,6H,3H2,(H,11,14). The summed E-state index contributed by atoms with van der Waals surface area (Å²) in [7, 11) is 0. The summed E-state index contributed by atoms with van der Waals surface area (Å²) >= 11 is 0. The lowest BCUT2D eigenvalue weighted by molar-refractivity contribution is 0.128. The lowest BCUT2D eigenvalue weighted by Gasteiger charge is -2.01. The number of nitrogens with one attached hydrogen (secondary N) is 1. The summed E-state index contributed by atoms with van der Waals surface area (Å²) in [4.78, 5) is 17.3. The SMILES string of the molecule is O=c1[nH]ccc2c1ncn2CC(F)F. The normalized spacial score (nSPS) is 11.4. The van der Waals surface area contributed by atoms with Crippen LogP contribution in [0.1, 0.15) is 0 Å². The number of alkyl halides is 2. The first kappa shape index (κ1) is 8.86. The van der Waals surface area contributed by atoms with Crippen molar-refractivity contribution in [2.24, 2.45) is 0 Å². The topological polar surface area (TPSA) is 50.7 Å². The van der Waals surface area contributed by atoms with Gasteiger partial charge in [-0.05, 0) is 6.07 Å². The van der Waals surface area contributed by atoms with Crippen LogP contribution in [0.15, 0.2) is 23.4 Å². The highest BCUT2D eigenvalue weighted by Crippen LogP contribution is 2.09. The monoisotopic (exact) mass is 199 g/mol. The molecule has 0 radical (unpaired) electrons. The number of aromatic nitrogens is 3. The third-order valence-corrected chi connectivity index (χ3v) is 1.88. The molecule has 0 amide bonds. The number of hydrogen-bond donors (Lipinski definition) is 1. The molecule has 0 aliphatic rings. The van der Waals surface area contributed by atoms with E-state index in [0.717, 1.165) is 0 Å². The van der Waals surface area contributed by atoms with Gasteiger partial charge in [0.2, 0.25) is 0 Å². The molecule has 6 heteroatoms. The number of fused-ring (bicyclic) bond motifs is 1. The van der Waals surface area contributed by atoms with Crippen LogP contribution in [0.5, 0.6) is 0 Å². The molecule has 2 aromatic rings. The molecule has 0 spiro atoms. The van der Waals surface area contributed by atoms with Crippen LogP contribution in [0.2, 0.25) is 0 Å². The molecule has 74 valence electrons. The Balaban J connectivity index is 2.58. The second-order valence-electron chi connectivity index (χ2n) is 2.83. The van der Waals surface area contributed by atoms with E-state index in [1.165, 1.54) is 17.1 Å². The van der Waals surface area contributed by atoms with E-state index < -0.39 is 13.0 Å². The molecule has 0 atom stereocenters. The first-order chi connectivity index (χ1) is 6.68. The molecule has 0 aromatic carbocycles. The van der Waals surface area contributed by atoms with Crippen molar-refractivity contribution in [3.05, 3.63) is 28.9 Å². The second kappa shape index (κ2) is 3.21. The average molecular weight is 199 g/mol. The highest BCUT2D eigenvalue weighted by atomic mass is 19.3. The lowest BCUT2D eigenvalue weighted by atomic mass is 10.4. The summed E-state index contributed by atoms with van der Waals surface area (Å²) < 4.78 is 25.4. The van der Waals surface area contributed by atoms with Gasteiger partial charge in [0.1, 0.15) is 0 Å². The molecule has 0 fully saturated rings. The van der Waals surface area contributed by atoms with Crippen LogP contribution < -0.4 is 5.56 Å². The largest absolute Gasteiger partial charge is 0.327 e. The van der Waals surface area contributed by atoms with Gasteiger partial charge in [-0.3, -0.25) is 4.79 Å². The predicted octanol–water partition coefficient (Wildman–Crippen LogP) is 0.990. The van der Waals surface area contributed by atoms with Gasteiger partial charge in [-0.2, -0.15) is 0 Å². The molecule has 2 aromatic heterocycles. The number of hydrogen-bond acceptors (Lipinski definition) is 2. The minimum atomic E-state index is -2.45. The summed E-state index contributed by atoms with van der Waals surface area (Å²) in [6.45, 7) is -0.444. The second-order valence-corrected chi connectivity index (χ2v) is 2.83. The maximum Gasteiger partial charge on any atom is 0.276 e. The van der Waals surface area contributed by atoms with Crippen LogP contribution in [-0.2, 0) is 6.54 Å². The van der Waals surface area contributed by atoms with E-state index in [9.17, 15) is 13.6 Å². The van der Waals surface area contributed by atoms with Crippen molar-refractivity contribution in [1.29, 1.82) is 0 Å². The smallest absolute Gasteiger partial charge is 0.276 e. The summed E-state index contributed by atoms with van der Waals surface area (Å²) in [5.41, 5.74) is 0.248. The first-order valence-corrected chi connectivity index (χ1v) is 3.99. The van der Waals surface area contributed by atoms with Crippen molar-refractivity contribution in [2.45, 2.75) is 13.0 Å². The predicted molar refractivity (Wildman–Crippen MR) is 46.4 cm³/mol. The van der Waals surface area contributed by atoms with E-state index in [0.29, 0.717) is 5.52 Å². The zero-order valence-corrected chi connectivity index (χ0v) is 7.08. The Bertz CT molecular complexity index is 503. The van der Waals surface area contributed by atoms with Crippen LogP contribution in [0, 0.1) is 0 Å². The summed E-state index contributed by atoms with van der Waals surface area (Å²) in [5.74, 6) is 0. The number of imidazole rings is 1. The van der Waals surface area contributed by atoms with E-state index in [1.807, 2.05) is 0 Å². The van der Waals surface area contributed by atoms with Crippen LogP contribution in [0.25, 0.3) is 11.0 Å². The number of pyridine rings is 1. The maximum absolute atomic E-state index is 12.1. The van der Waals surface area contributed by atoms with E-state index >= 15 is 0 Å². The van der Waals surface area contributed by atoms with Gasteiger partial charge in [-0.1, -0.05) is 0 Å². The van der Waals surface area contributed by atoms with Crippen LogP contribution in [-0.4, -0.2) is 21.0 Å². The fourth-order valence-electron chi connectivity index (χ4n) is 1.30. The molecule has 14 heavy (non-hydrogen) atoms. The van der Waals surface area contributed by atoms with Crippen molar-refractivity contribution in [2.75, 3.05) is 0 Å². The van der Waals surface area contributed by atoms with Gasteiger partial charge in [-0.15, -0.1) is 0 Å².